The Balaban J connectivity index is 1.76. The first-order valence-electron chi connectivity index (χ1n) is 6.54. The van der Waals surface area contributed by atoms with Crippen LogP contribution >= 0.6 is 0 Å². The smallest absolute Gasteiger partial charge is 0.278 e. The number of carbonyl (C=O) groups is 1. The zero-order chi connectivity index (χ0) is 15.5. The quantitative estimate of drug-likeness (QED) is 0.767. The third kappa shape index (κ3) is 2.78. The van der Waals surface area contributed by atoms with Crippen molar-refractivity contribution in [3.63, 3.8) is 0 Å². The Kier molecular flexibility index (Phi) is 3.53. The topological polar surface area (TPSA) is 107 Å². The molecule has 3 aromatic rings. The molecule has 0 aliphatic rings. The summed E-state index contributed by atoms with van der Waals surface area (Å²) in [5, 5.41) is 2.72. The van der Waals surface area contributed by atoms with E-state index in [1.807, 2.05) is 12.1 Å². The monoisotopic (exact) mass is 295 g/mol. The van der Waals surface area contributed by atoms with Crippen molar-refractivity contribution >= 4 is 17.4 Å². The number of nitrogens with one attached hydrogen (secondary N) is 1. The molecular weight excluding hydrogens is 282 g/mol. The fourth-order valence-corrected chi connectivity index (χ4v) is 1.93. The number of benzene rings is 1. The van der Waals surface area contributed by atoms with Crippen LogP contribution in [0.4, 0.5) is 11.5 Å². The van der Waals surface area contributed by atoms with Gasteiger partial charge in [0.2, 0.25) is 0 Å². The number of amides is 1. The summed E-state index contributed by atoms with van der Waals surface area (Å²) in [6.07, 6.45) is 4.44. The number of anilines is 2. The molecule has 3 N–H and O–H groups in total. The highest BCUT2D eigenvalue weighted by atomic mass is 16.3. The largest absolute Gasteiger partial charge is 0.449 e. The van der Waals surface area contributed by atoms with Crippen LogP contribution in [0.25, 0.3) is 11.3 Å². The molecule has 7 nitrogen and oxygen atoms in total. The Bertz CT molecular complexity index is 811. The van der Waals surface area contributed by atoms with Crippen LogP contribution in [0, 0.1) is 6.92 Å². The summed E-state index contributed by atoms with van der Waals surface area (Å²) >= 11 is 0. The van der Waals surface area contributed by atoms with Gasteiger partial charge in [0.15, 0.2) is 17.4 Å². The maximum absolute atomic E-state index is 12.1. The molecule has 0 bridgehead atoms. The average molecular weight is 295 g/mol. The lowest BCUT2D eigenvalue weighted by molar-refractivity contribution is 0.102. The van der Waals surface area contributed by atoms with Gasteiger partial charge < -0.3 is 15.5 Å². The van der Waals surface area contributed by atoms with Crippen LogP contribution in [-0.4, -0.2) is 20.9 Å². The number of hydrogen-bond donors (Lipinski definition) is 2. The molecule has 0 radical (unpaired) electrons. The van der Waals surface area contributed by atoms with E-state index in [2.05, 4.69) is 20.3 Å². The van der Waals surface area contributed by atoms with Gasteiger partial charge in [0.1, 0.15) is 12.0 Å². The van der Waals surface area contributed by atoms with Gasteiger partial charge in [-0.3, -0.25) is 4.79 Å². The first-order valence-corrected chi connectivity index (χ1v) is 6.54. The van der Waals surface area contributed by atoms with E-state index in [1.165, 1.54) is 12.4 Å². The van der Waals surface area contributed by atoms with Gasteiger partial charge in [0, 0.05) is 30.6 Å². The summed E-state index contributed by atoms with van der Waals surface area (Å²) in [5.74, 6) is 0.288. The van der Waals surface area contributed by atoms with E-state index in [4.69, 9.17) is 10.2 Å². The first kappa shape index (κ1) is 13.7. The maximum Gasteiger partial charge on any atom is 0.278 e. The SMILES string of the molecule is Cc1nc(-c2ccc(NC(=O)c3nccnc3N)cc2)co1. The number of rotatable bonds is 3. The van der Waals surface area contributed by atoms with Crippen LogP contribution < -0.4 is 11.1 Å². The Morgan fingerprint density at radius 3 is 2.55 bits per heavy atom. The second kappa shape index (κ2) is 5.65. The molecule has 2 heterocycles. The molecule has 0 unspecified atom stereocenters. The molecule has 1 amide bonds. The highest BCUT2D eigenvalue weighted by Gasteiger charge is 2.12. The minimum absolute atomic E-state index is 0.0923. The van der Waals surface area contributed by atoms with Gasteiger partial charge in [0.05, 0.1) is 0 Å². The first-order chi connectivity index (χ1) is 10.6. The zero-order valence-electron chi connectivity index (χ0n) is 11.8. The molecule has 0 saturated carbocycles. The maximum atomic E-state index is 12.1. The van der Waals surface area contributed by atoms with E-state index in [0.717, 1.165) is 11.3 Å². The number of nitrogens with two attached hydrogens (primary N) is 1. The van der Waals surface area contributed by atoms with E-state index in [-0.39, 0.29) is 11.5 Å². The number of aromatic nitrogens is 3. The summed E-state index contributed by atoms with van der Waals surface area (Å²) in [6.45, 7) is 1.78. The summed E-state index contributed by atoms with van der Waals surface area (Å²) < 4.78 is 5.17. The molecule has 0 saturated heterocycles. The predicted octanol–water partition coefficient (Wildman–Crippen LogP) is 2.27. The van der Waals surface area contributed by atoms with Gasteiger partial charge in [-0.05, 0) is 12.1 Å². The van der Waals surface area contributed by atoms with Crippen LogP contribution in [0.3, 0.4) is 0 Å². The van der Waals surface area contributed by atoms with Crippen molar-refractivity contribution in [1.29, 1.82) is 0 Å². The van der Waals surface area contributed by atoms with Crippen LogP contribution in [0.1, 0.15) is 16.4 Å². The third-order valence-electron chi connectivity index (χ3n) is 3.00. The molecule has 0 aliphatic heterocycles. The van der Waals surface area contributed by atoms with Crippen molar-refractivity contribution in [2.45, 2.75) is 6.92 Å². The van der Waals surface area contributed by atoms with Crippen molar-refractivity contribution in [2.24, 2.45) is 0 Å². The molecule has 0 atom stereocenters. The van der Waals surface area contributed by atoms with E-state index in [9.17, 15) is 4.79 Å². The molecule has 2 aromatic heterocycles. The second-order valence-electron chi connectivity index (χ2n) is 4.57. The summed E-state index contributed by atoms with van der Waals surface area (Å²) in [7, 11) is 0. The van der Waals surface area contributed by atoms with Crippen molar-refractivity contribution < 1.29 is 9.21 Å². The molecule has 1 aromatic carbocycles. The molecule has 0 aliphatic carbocycles. The van der Waals surface area contributed by atoms with E-state index >= 15 is 0 Å². The Morgan fingerprint density at radius 2 is 1.91 bits per heavy atom. The highest BCUT2D eigenvalue weighted by Crippen LogP contribution is 2.21. The number of aryl methyl sites for hydroxylation is 1. The minimum atomic E-state index is -0.407. The van der Waals surface area contributed by atoms with Crippen molar-refractivity contribution in [3.8, 4) is 11.3 Å². The summed E-state index contributed by atoms with van der Waals surface area (Å²) in [4.78, 5) is 24.1. The molecule has 7 heteroatoms. The molecule has 110 valence electrons. The van der Waals surface area contributed by atoms with E-state index in [1.54, 1.807) is 25.3 Å². The standard InChI is InChI=1S/C15H13N5O2/c1-9-19-12(8-22-9)10-2-4-11(5-3-10)20-15(21)13-14(16)18-7-6-17-13/h2-8H,1H3,(H2,16,18)(H,20,21). The van der Waals surface area contributed by atoms with Gasteiger partial charge >= 0.3 is 0 Å². The number of nitrogens with zero attached hydrogens (tertiary/aromatic N) is 3. The Labute approximate surface area is 126 Å². The normalized spacial score (nSPS) is 10.4. The number of carbonyl (C=O) groups excluding carboxylic acids is 1. The van der Waals surface area contributed by atoms with E-state index in [0.29, 0.717) is 11.6 Å². The lowest BCUT2D eigenvalue weighted by atomic mass is 10.1. The zero-order valence-corrected chi connectivity index (χ0v) is 11.8. The van der Waals surface area contributed by atoms with E-state index < -0.39 is 5.91 Å². The molecule has 0 fully saturated rings. The van der Waals surface area contributed by atoms with Gasteiger partial charge in [-0.25, -0.2) is 15.0 Å². The lowest BCUT2D eigenvalue weighted by Gasteiger charge is -2.06. The van der Waals surface area contributed by atoms with Crippen LogP contribution in [0.5, 0.6) is 0 Å². The van der Waals surface area contributed by atoms with Crippen molar-refractivity contribution in [1.82, 2.24) is 15.0 Å². The lowest BCUT2D eigenvalue weighted by Crippen LogP contribution is -2.16. The molecule has 3 rings (SSSR count). The predicted molar refractivity (Wildman–Crippen MR) is 81.1 cm³/mol. The van der Waals surface area contributed by atoms with Crippen LogP contribution in [-0.2, 0) is 0 Å². The molecule has 0 spiro atoms. The number of oxazole rings is 1. The van der Waals surface area contributed by atoms with Crippen LogP contribution in [0.2, 0.25) is 0 Å². The van der Waals surface area contributed by atoms with Crippen LogP contribution in [0.15, 0.2) is 47.3 Å². The number of nitrogen functional groups attached to an aromatic ring is 1. The highest BCUT2D eigenvalue weighted by molar-refractivity contribution is 6.05. The fourth-order valence-electron chi connectivity index (χ4n) is 1.93. The minimum Gasteiger partial charge on any atom is -0.449 e. The Hall–Kier alpha value is -3.22. The summed E-state index contributed by atoms with van der Waals surface area (Å²) in [5.41, 5.74) is 7.99. The van der Waals surface area contributed by atoms with Gasteiger partial charge in [0.25, 0.3) is 5.91 Å². The Morgan fingerprint density at radius 1 is 1.18 bits per heavy atom. The fraction of sp³-hybridized carbons (Fsp3) is 0.0667. The molecule has 22 heavy (non-hydrogen) atoms. The number of hydrogen-bond acceptors (Lipinski definition) is 6. The van der Waals surface area contributed by atoms with Gasteiger partial charge in [-0.2, -0.15) is 0 Å². The second-order valence-corrected chi connectivity index (χ2v) is 4.57. The summed E-state index contributed by atoms with van der Waals surface area (Å²) in [6, 6.07) is 7.22. The van der Waals surface area contributed by atoms with Gasteiger partial charge in [-0.1, -0.05) is 12.1 Å². The third-order valence-corrected chi connectivity index (χ3v) is 3.00. The average Bonchev–Trinajstić information content (AvgIpc) is 2.95. The van der Waals surface area contributed by atoms with Gasteiger partial charge in [-0.15, -0.1) is 0 Å². The van der Waals surface area contributed by atoms with Crippen molar-refractivity contribution in [2.75, 3.05) is 11.1 Å². The van der Waals surface area contributed by atoms with Crippen molar-refractivity contribution in [3.05, 3.63) is 54.5 Å². The molecular formula is C15H13N5O2.